The second-order valence-electron chi connectivity index (χ2n) is 9.12. The number of phenols is 4. The summed E-state index contributed by atoms with van der Waals surface area (Å²) in [7, 11) is 0. The van der Waals surface area contributed by atoms with Crippen LogP contribution in [0.15, 0.2) is 54.6 Å². The monoisotopic (exact) mass is 430 g/mol. The number of aryl methyl sites for hydroxylation is 1. The molecule has 1 aliphatic carbocycles. The van der Waals surface area contributed by atoms with Crippen LogP contribution in [0.4, 0.5) is 0 Å². The van der Waals surface area contributed by atoms with Gasteiger partial charge in [0.15, 0.2) is 23.0 Å². The Morgan fingerprint density at radius 3 is 2.28 bits per heavy atom. The summed E-state index contributed by atoms with van der Waals surface area (Å²) in [6.45, 7) is 4.36. The third-order valence-corrected chi connectivity index (χ3v) is 6.29. The van der Waals surface area contributed by atoms with Gasteiger partial charge in [0.2, 0.25) is 0 Å². The fourth-order valence-corrected chi connectivity index (χ4v) is 4.74. The van der Waals surface area contributed by atoms with Gasteiger partial charge in [-0.3, -0.25) is 0 Å². The SMILES string of the molecule is CC(C)C[C@@H]1CC(c2ccc(O)c(O)c2)=Cc2c1cc(O)c(O)c2CCc1ccccc1. The van der Waals surface area contributed by atoms with E-state index in [1.807, 2.05) is 24.3 Å². The van der Waals surface area contributed by atoms with E-state index in [1.165, 1.54) is 11.6 Å². The van der Waals surface area contributed by atoms with E-state index in [2.05, 4.69) is 32.1 Å². The number of fused-ring (bicyclic) bond motifs is 1. The van der Waals surface area contributed by atoms with Gasteiger partial charge in [0, 0.05) is 5.56 Å². The molecule has 0 saturated carbocycles. The van der Waals surface area contributed by atoms with Gasteiger partial charge in [0.05, 0.1) is 0 Å². The maximum atomic E-state index is 10.8. The lowest BCUT2D eigenvalue weighted by atomic mass is 9.75. The summed E-state index contributed by atoms with van der Waals surface area (Å²) in [6.07, 6.45) is 5.12. The van der Waals surface area contributed by atoms with Crippen molar-refractivity contribution >= 4 is 11.6 Å². The van der Waals surface area contributed by atoms with Gasteiger partial charge in [-0.25, -0.2) is 0 Å². The van der Waals surface area contributed by atoms with Crippen molar-refractivity contribution in [2.75, 3.05) is 0 Å². The molecule has 3 aromatic carbocycles. The second kappa shape index (κ2) is 8.99. The normalized spacial score (nSPS) is 15.5. The quantitative estimate of drug-likeness (QED) is 0.343. The lowest BCUT2D eigenvalue weighted by Gasteiger charge is -2.30. The Hall–Kier alpha value is -3.40. The van der Waals surface area contributed by atoms with Crippen LogP contribution < -0.4 is 0 Å². The molecule has 0 fully saturated rings. The number of aromatic hydroxyl groups is 4. The van der Waals surface area contributed by atoms with Crippen LogP contribution >= 0.6 is 0 Å². The van der Waals surface area contributed by atoms with Crippen LogP contribution in [0.2, 0.25) is 0 Å². The molecule has 0 aromatic heterocycles. The zero-order chi connectivity index (χ0) is 22.8. The molecule has 1 aliphatic rings. The van der Waals surface area contributed by atoms with Gasteiger partial charge in [0.1, 0.15) is 0 Å². The van der Waals surface area contributed by atoms with Gasteiger partial charge in [-0.15, -0.1) is 0 Å². The molecule has 4 nitrogen and oxygen atoms in total. The van der Waals surface area contributed by atoms with E-state index in [4.69, 9.17) is 0 Å². The minimum atomic E-state index is -0.146. The van der Waals surface area contributed by atoms with Crippen molar-refractivity contribution < 1.29 is 20.4 Å². The predicted molar refractivity (Wildman–Crippen MR) is 128 cm³/mol. The van der Waals surface area contributed by atoms with Gasteiger partial charge < -0.3 is 20.4 Å². The van der Waals surface area contributed by atoms with E-state index in [0.717, 1.165) is 47.1 Å². The summed E-state index contributed by atoms with van der Waals surface area (Å²) < 4.78 is 0. The molecule has 4 heteroatoms. The van der Waals surface area contributed by atoms with E-state index < -0.39 is 0 Å². The summed E-state index contributed by atoms with van der Waals surface area (Å²) >= 11 is 0. The van der Waals surface area contributed by atoms with Crippen molar-refractivity contribution in [3.05, 3.63) is 82.4 Å². The first-order valence-corrected chi connectivity index (χ1v) is 11.2. The first-order valence-electron chi connectivity index (χ1n) is 11.2. The third kappa shape index (κ3) is 4.45. The Labute approximate surface area is 189 Å². The predicted octanol–water partition coefficient (Wildman–Crippen LogP) is 6.37. The molecule has 1 atom stereocenters. The van der Waals surface area contributed by atoms with Crippen LogP contribution in [0, 0.1) is 5.92 Å². The molecule has 4 N–H and O–H groups in total. The summed E-state index contributed by atoms with van der Waals surface area (Å²) in [4.78, 5) is 0. The van der Waals surface area contributed by atoms with E-state index in [-0.39, 0.29) is 28.9 Å². The van der Waals surface area contributed by atoms with Gasteiger partial charge in [-0.2, -0.15) is 0 Å². The maximum absolute atomic E-state index is 10.8. The highest BCUT2D eigenvalue weighted by Gasteiger charge is 2.28. The van der Waals surface area contributed by atoms with Crippen LogP contribution in [0.3, 0.4) is 0 Å². The van der Waals surface area contributed by atoms with E-state index in [0.29, 0.717) is 12.3 Å². The Morgan fingerprint density at radius 2 is 1.59 bits per heavy atom. The molecule has 0 bridgehead atoms. The minimum Gasteiger partial charge on any atom is -0.504 e. The summed E-state index contributed by atoms with van der Waals surface area (Å²) in [5.74, 6) is 0.226. The molecule has 0 saturated heterocycles. The van der Waals surface area contributed by atoms with Gasteiger partial charge in [0.25, 0.3) is 0 Å². The first-order chi connectivity index (χ1) is 15.3. The average Bonchev–Trinajstić information content (AvgIpc) is 2.77. The molecule has 0 radical (unpaired) electrons. The summed E-state index contributed by atoms with van der Waals surface area (Å²) in [6, 6.07) is 16.7. The number of hydrogen-bond donors (Lipinski definition) is 4. The minimum absolute atomic E-state index is 0.0611. The highest BCUT2D eigenvalue weighted by atomic mass is 16.3. The zero-order valence-electron chi connectivity index (χ0n) is 18.5. The van der Waals surface area contributed by atoms with Crippen molar-refractivity contribution in [3.8, 4) is 23.0 Å². The Balaban J connectivity index is 1.82. The maximum Gasteiger partial charge on any atom is 0.161 e. The van der Waals surface area contributed by atoms with Crippen LogP contribution in [0.25, 0.3) is 11.6 Å². The van der Waals surface area contributed by atoms with Crippen molar-refractivity contribution in [2.24, 2.45) is 5.92 Å². The first kappa shape index (κ1) is 21.8. The molecule has 0 unspecified atom stereocenters. The third-order valence-electron chi connectivity index (χ3n) is 6.29. The number of phenolic OH excluding ortho intramolecular Hbond substituents is 4. The molecule has 32 heavy (non-hydrogen) atoms. The van der Waals surface area contributed by atoms with E-state index in [1.54, 1.807) is 12.1 Å². The molecular formula is C28H30O4. The van der Waals surface area contributed by atoms with Gasteiger partial charge in [-0.1, -0.05) is 56.3 Å². The van der Waals surface area contributed by atoms with Crippen LogP contribution in [-0.4, -0.2) is 20.4 Å². The average molecular weight is 431 g/mol. The fraction of sp³-hybridized carbons (Fsp3) is 0.286. The number of rotatable bonds is 6. The Morgan fingerprint density at radius 1 is 0.844 bits per heavy atom. The molecule has 0 aliphatic heterocycles. The molecule has 0 amide bonds. The Kier molecular flexibility index (Phi) is 6.13. The van der Waals surface area contributed by atoms with E-state index >= 15 is 0 Å². The Bertz CT molecular complexity index is 1150. The van der Waals surface area contributed by atoms with Crippen LogP contribution in [0.1, 0.15) is 60.4 Å². The second-order valence-corrected chi connectivity index (χ2v) is 9.12. The number of allylic oxidation sites excluding steroid dienone is 1. The molecule has 166 valence electrons. The zero-order valence-corrected chi connectivity index (χ0v) is 18.5. The van der Waals surface area contributed by atoms with Crippen molar-refractivity contribution in [3.63, 3.8) is 0 Å². The lowest BCUT2D eigenvalue weighted by Crippen LogP contribution is -2.12. The highest BCUT2D eigenvalue weighted by Crippen LogP contribution is 2.47. The standard InChI is InChI=1S/C28H30O4/c1-17(2)12-21-13-20(19-9-11-25(29)26(30)15-19)14-24-22(28(32)27(31)16-23(21)24)10-8-18-6-4-3-5-7-18/h3-7,9,11,14-17,21,29-32H,8,10,12-13H2,1-2H3/t21-/m1/s1. The van der Waals surface area contributed by atoms with Crippen LogP contribution in [-0.2, 0) is 12.8 Å². The molecule has 3 aromatic rings. The van der Waals surface area contributed by atoms with E-state index in [9.17, 15) is 20.4 Å². The van der Waals surface area contributed by atoms with Crippen LogP contribution in [0.5, 0.6) is 23.0 Å². The molecule has 0 spiro atoms. The molecule has 0 heterocycles. The number of hydrogen-bond acceptors (Lipinski definition) is 4. The van der Waals surface area contributed by atoms with Gasteiger partial charge in [-0.05, 0) is 83.5 Å². The smallest absolute Gasteiger partial charge is 0.161 e. The lowest BCUT2D eigenvalue weighted by molar-refractivity contribution is 0.396. The van der Waals surface area contributed by atoms with Gasteiger partial charge >= 0.3 is 0 Å². The number of benzene rings is 3. The topological polar surface area (TPSA) is 80.9 Å². The highest BCUT2D eigenvalue weighted by molar-refractivity contribution is 5.88. The summed E-state index contributed by atoms with van der Waals surface area (Å²) in [5.41, 5.74) is 5.83. The summed E-state index contributed by atoms with van der Waals surface area (Å²) in [5, 5.41) is 41.1. The van der Waals surface area contributed by atoms with Crippen molar-refractivity contribution in [1.29, 1.82) is 0 Å². The molecule has 4 rings (SSSR count). The molecular weight excluding hydrogens is 400 g/mol. The van der Waals surface area contributed by atoms with Crippen molar-refractivity contribution in [2.45, 2.75) is 45.4 Å². The fourth-order valence-electron chi connectivity index (χ4n) is 4.74. The largest absolute Gasteiger partial charge is 0.504 e. The van der Waals surface area contributed by atoms with Crippen molar-refractivity contribution in [1.82, 2.24) is 0 Å².